The normalized spacial score (nSPS) is 11.2. The van der Waals surface area contributed by atoms with E-state index in [2.05, 4.69) is 6.92 Å². The van der Waals surface area contributed by atoms with Crippen LogP contribution in [0.3, 0.4) is 0 Å². The summed E-state index contributed by atoms with van der Waals surface area (Å²) in [4.78, 5) is 0. The second-order valence-electron chi connectivity index (χ2n) is 8.34. The van der Waals surface area contributed by atoms with Gasteiger partial charge in [0.25, 0.3) is 0 Å². The van der Waals surface area contributed by atoms with E-state index in [0.717, 1.165) is 18.2 Å². The Morgan fingerprint density at radius 3 is 2.15 bits per heavy atom. The maximum atomic E-state index is 15.3. The van der Waals surface area contributed by atoms with Crippen LogP contribution in [0.15, 0.2) is 66.7 Å². The van der Waals surface area contributed by atoms with Crippen LogP contribution in [-0.2, 0) is 6.42 Å². The summed E-state index contributed by atoms with van der Waals surface area (Å²) in [5.41, 5.74) is 2.61. The number of fused-ring (bicyclic) bond motifs is 1. The van der Waals surface area contributed by atoms with Crippen molar-refractivity contribution < 1.29 is 17.9 Å². The van der Waals surface area contributed by atoms with Gasteiger partial charge in [0.05, 0.1) is 7.11 Å². The third kappa shape index (κ3) is 4.90. The number of unbranched alkanes of at least 4 members (excludes halogenated alkanes) is 3. The Kier molecular flexibility index (Phi) is 7.02. The Balaban J connectivity index is 1.62. The zero-order chi connectivity index (χ0) is 23.4. The van der Waals surface area contributed by atoms with E-state index in [1.165, 1.54) is 50.1 Å². The molecule has 0 aromatic heterocycles. The Morgan fingerprint density at radius 1 is 0.697 bits per heavy atom. The zero-order valence-electron chi connectivity index (χ0n) is 18.9. The van der Waals surface area contributed by atoms with E-state index in [9.17, 15) is 8.78 Å². The maximum absolute atomic E-state index is 15.3. The van der Waals surface area contributed by atoms with Crippen molar-refractivity contribution >= 4 is 10.8 Å². The Hall–Kier alpha value is -3.27. The number of hydrogen-bond donors (Lipinski definition) is 0. The maximum Gasteiger partial charge on any atom is 0.165 e. The third-order valence-corrected chi connectivity index (χ3v) is 6.08. The van der Waals surface area contributed by atoms with Crippen molar-refractivity contribution in [2.24, 2.45) is 0 Å². The molecule has 0 radical (unpaired) electrons. The van der Waals surface area contributed by atoms with E-state index >= 15 is 4.39 Å². The van der Waals surface area contributed by atoms with Gasteiger partial charge in [-0.2, -0.15) is 0 Å². The summed E-state index contributed by atoms with van der Waals surface area (Å²) in [6, 6.07) is 18.2. The lowest BCUT2D eigenvalue weighted by Crippen LogP contribution is -1.93. The lowest BCUT2D eigenvalue weighted by Gasteiger charge is -2.11. The molecule has 0 aliphatic rings. The number of benzene rings is 4. The van der Waals surface area contributed by atoms with E-state index < -0.39 is 11.6 Å². The van der Waals surface area contributed by atoms with Gasteiger partial charge in [-0.05, 0) is 53.1 Å². The smallest absolute Gasteiger partial charge is 0.165 e. The van der Waals surface area contributed by atoms with E-state index in [1.807, 2.05) is 24.3 Å². The van der Waals surface area contributed by atoms with Crippen molar-refractivity contribution in [3.8, 4) is 28.0 Å². The highest BCUT2D eigenvalue weighted by Crippen LogP contribution is 2.34. The van der Waals surface area contributed by atoms with Crippen molar-refractivity contribution in [3.05, 3.63) is 89.7 Å². The van der Waals surface area contributed by atoms with Gasteiger partial charge in [0.15, 0.2) is 11.6 Å². The monoisotopic (exact) mass is 448 g/mol. The predicted molar refractivity (Wildman–Crippen MR) is 129 cm³/mol. The Labute approximate surface area is 192 Å². The second kappa shape index (κ2) is 10.1. The molecule has 1 nitrogen and oxygen atoms in total. The number of halogens is 3. The second-order valence-corrected chi connectivity index (χ2v) is 8.34. The number of rotatable bonds is 8. The fourth-order valence-electron chi connectivity index (χ4n) is 4.23. The van der Waals surface area contributed by atoms with Crippen molar-refractivity contribution in [2.45, 2.75) is 39.0 Å². The molecule has 0 fully saturated rings. The van der Waals surface area contributed by atoms with Crippen LogP contribution in [0, 0.1) is 17.5 Å². The van der Waals surface area contributed by atoms with Gasteiger partial charge in [-0.3, -0.25) is 0 Å². The summed E-state index contributed by atoms with van der Waals surface area (Å²) in [6.07, 6.45) is 5.74. The van der Waals surface area contributed by atoms with Gasteiger partial charge < -0.3 is 4.74 Å². The first-order valence-electron chi connectivity index (χ1n) is 11.4. The van der Waals surface area contributed by atoms with Crippen molar-refractivity contribution in [3.63, 3.8) is 0 Å². The minimum absolute atomic E-state index is 0.0955. The third-order valence-electron chi connectivity index (χ3n) is 6.08. The first-order chi connectivity index (χ1) is 16.0. The lowest BCUT2D eigenvalue weighted by molar-refractivity contribution is 0.386. The van der Waals surface area contributed by atoms with Crippen LogP contribution in [0.4, 0.5) is 13.2 Å². The number of aryl methyl sites for hydroxylation is 1. The minimum atomic E-state index is -0.566. The van der Waals surface area contributed by atoms with Crippen molar-refractivity contribution in [2.75, 3.05) is 7.11 Å². The molecule has 0 heterocycles. The molecule has 170 valence electrons. The van der Waals surface area contributed by atoms with Crippen LogP contribution < -0.4 is 4.74 Å². The predicted octanol–water partition coefficient (Wildman–Crippen LogP) is 8.72. The molecule has 0 saturated heterocycles. The molecular weight excluding hydrogens is 421 g/mol. The molecule has 0 atom stereocenters. The molecule has 0 aliphatic carbocycles. The van der Waals surface area contributed by atoms with Gasteiger partial charge in [0.2, 0.25) is 0 Å². The van der Waals surface area contributed by atoms with Crippen molar-refractivity contribution in [1.82, 2.24) is 0 Å². The summed E-state index contributed by atoms with van der Waals surface area (Å²) < 4.78 is 49.2. The van der Waals surface area contributed by atoms with E-state index in [-0.39, 0.29) is 17.1 Å². The minimum Gasteiger partial charge on any atom is -0.494 e. The molecule has 0 amide bonds. The van der Waals surface area contributed by atoms with Crippen LogP contribution >= 0.6 is 0 Å². The van der Waals surface area contributed by atoms with Crippen LogP contribution in [0.5, 0.6) is 5.75 Å². The fraction of sp³-hybridized carbons (Fsp3) is 0.241. The molecule has 4 aromatic rings. The molecular formula is C29H27F3O. The molecule has 4 rings (SSSR count). The van der Waals surface area contributed by atoms with Gasteiger partial charge in [-0.25, -0.2) is 13.2 Å². The molecule has 0 saturated carbocycles. The Morgan fingerprint density at radius 2 is 1.42 bits per heavy atom. The molecule has 33 heavy (non-hydrogen) atoms. The molecule has 0 aliphatic heterocycles. The average Bonchev–Trinajstić information content (AvgIpc) is 2.82. The highest BCUT2D eigenvalue weighted by atomic mass is 19.1. The zero-order valence-corrected chi connectivity index (χ0v) is 18.9. The van der Waals surface area contributed by atoms with Gasteiger partial charge >= 0.3 is 0 Å². The Bertz CT molecular complexity index is 1280. The van der Waals surface area contributed by atoms with E-state index in [4.69, 9.17) is 4.74 Å². The first kappa shape index (κ1) is 22.9. The summed E-state index contributed by atoms with van der Waals surface area (Å²) in [6.45, 7) is 2.19. The SMILES string of the molecule is CCCCCCc1ccc2c(F)c(-c3ccc(-c4ccc(OC)c(F)c4)c(F)c3)ccc2c1. The van der Waals surface area contributed by atoms with Crippen LogP contribution in [0.1, 0.15) is 38.2 Å². The average molecular weight is 449 g/mol. The number of hydrogen-bond acceptors (Lipinski definition) is 1. The molecule has 0 bridgehead atoms. The topological polar surface area (TPSA) is 9.23 Å². The van der Waals surface area contributed by atoms with Gasteiger partial charge in [0, 0.05) is 16.5 Å². The van der Waals surface area contributed by atoms with Crippen LogP contribution in [0.2, 0.25) is 0 Å². The molecule has 0 unspecified atom stereocenters. The first-order valence-corrected chi connectivity index (χ1v) is 11.4. The van der Waals surface area contributed by atoms with Crippen LogP contribution in [-0.4, -0.2) is 7.11 Å². The van der Waals surface area contributed by atoms with E-state index in [0.29, 0.717) is 22.1 Å². The molecule has 4 heteroatoms. The lowest BCUT2D eigenvalue weighted by atomic mass is 9.95. The highest BCUT2D eigenvalue weighted by Gasteiger charge is 2.14. The van der Waals surface area contributed by atoms with Crippen LogP contribution in [0.25, 0.3) is 33.0 Å². The van der Waals surface area contributed by atoms with E-state index in [1.54, 1.807) is 24.3 Å². The molecule has 0 N–H and O–H groups in total. The molecule has 4 aromatic carbocycles. The largest absolute Gasteiger partial charge is 0.494 e. The van der Waals surface area contributed by atoms with Gasteiger partial charge in [-0.15, -0.1) is 0 Å². The van der Waals surface area contributed by atoms with Gasteiger partial charge in [-0.1, -0.05) is 74.7 Å². The number of ether oxygens (including phenoxy) is 1. The molecule has 0 spiro atoms. The number of methoxy groups -OCH3 is 1. The van der Waals surface area contributed by atoms with Crippen molar-refractivity contribution in [1.29, 1.82) is 0 Å². The quantitative estimate of drug-likeness (QED) is 0.245. The fourth-order valence-corrected chi connectivity index (χ4v) is 4.23. The summed E-state index contributed by atoms with van der Waals surface area (Å²) in [7, 11) is 1.37. The van der Waals surface area contributed by atoms with Gasteiger partial charge in [0.1, 0.15) is 11.6 Å². The summed E-state index contributed by atoms with van der Waals surface area (Å²) in [5.74, 6) is -1.38. The standard InChI is InChI=1S/C29H27F3O/c1-3-4-5-6-7-19-8-12-24-20(16-19)10-14-25(29(24)32)22-9-13-23(26(30)17-22)21-11-15-28(33-2)27(31)18-21/h8-18H,3-7H2,1-2H3. The summed E-state index contributed by atoms with van der Waals surface area (Å²) >= 11 is 0. The summed E-state index contributed by atoms with van der Waals surface area (Å²) in [5, 5.41) is 1.36. The highest BCUT2D eigenvalue weighted by molar-refractivity contribution is 5.89.